The van der Waals surface area contributed by atoms with Crippen molar-refractivity contribution in [2.24, 2.45) is 11.8 Å². The summed E-state index contributed by atoms with van der Waals surface area (Å²) < 4.78 is 5.29. The van der Waals surface area contributed by atoms with Crippen LogP contribution in [0, 0.1) is 11.8 Å². The zero-order valence-corrected chi connectivity index (χ0v) is 10.00. The molecule has 2 N–H and O–H groups in total. The molecule has 0 saturated carbocycles. The lowest BCUT2D eigenvalue weighted by Crippen LogP contribution is -2.47. The van der Waals surface area contributed by atoms with Crippen molar-refractivity contribution >= 4 is 5.91 Å². The van der Waals surface area contributed by atoms with Crippen LogP contribution in [0.5, 0.6) is 0 Å². The molecular formula is C12H22N2O2. The van der Waals surface area contributed by atoms with Crippen molar-refractivity contribution in [3.05, 3.63) is 0 Å². The highest BCUT2D eigenvalue weighted by Crippen LogP contribution is 2.17. The van der Waals surface area contributed by atoms with Gasteiger partial charge in [0.1, 0.15) is 0 Å². The second-order valence-corrected chi connectivity index (χ2v) is 4.97. The number of carbonyl (C=O) groups excluding carboxylic acids is 1. The van der Waals surface area contributed by atoms with E-state index >= 15 is 0 Å². The van der Waals surface area contributed by atoms with Gasteiger partial charge in [-0.2, -0.15) is 0 Å². The summed E-state index contributed by atoms with van der Waals surface area (Å²) in [5, 5.41) is 6.42. The Morgan fingerprint density at radius 1 is 1.50 bits per heavy atom. The summed E-state index contributed by atoms with van der Waals surface area (Å²) in [6.07, 6.45) is 3.20. The highest BCUT2D eigenvalue weighted by molar-refractivity contribution is 5.79. The van der Waals surface area contributed by atoms with Gasteiger partial charge in [0.2, 0.25) is 5.91 Å². The lowest BCUT2D eigenvalue weighted by Gasteiger charge is -2.29. The van der Waals surface area contributed by atoms with Crippen molar-refractivity contribution in [3.8, 4) is 0 Å². The lowest BCUT2D eigenvalue weighted by atomic mass is 9.91. The van der Waals surface area contributed by atoms with Crippen molar-refractivity contribution in [2.75, 3.05) is 26.3 Å². The van der Waals surface area contributed by atoms with Crippen LogP contribution in [0.1, 0.15) is 26.2 Å². The van der Waals surface area contributed by atoms with E-state index in [1.54, 1.807) is 0 Å². The van der Waals surface area contributed by atoms with Crippen molar-refractivity contribution in [2.45, 2.75) is 32.2 Å². The Morgan fingerprint density at radius 2 is 2.38 bits per heavy atom. The van der Waals surface area contributed by atoms with Gasteiger partial charge in [-0.25, -0.2) is 0 Å². The molecule has 2 fully saturated rings. The quantitative estimate of drug-likeness (QED) is 0.738. The molecule has 2 heterocycles. The minimum Gasteiger partial charge on any atom is -0.381 e. The van der Waals surface area contributed by atoms with E-state index in [2.05, 4.69) is 17.6 Å². The lowest BCUT2D eigenvalue weighted by molar-refractivity contribution is -0.126. The first-order valence-corrected chi connectivity index (χ1v) is 6.36. The van der Waals surface area contributed by atoms with Crippen molar-refractivity contribution in [1.29, 1.82) is 0 Å². The van der Waals surface area contributed by atoms with E-state index in [1.165, 1.54) is 0 Å². The molecule has 16 heavy (non-hydrogen) atoms. The van der Waals surface area contributed by atoms with E-state index in [4.69, 9.17) is 4.74 Å². The monoisotopic (exact) mass is 226 g/mol. The third-order valence-corrected chi connectivity index (χ3v) is 3.69. The Bertz CT molecular complexity index is 239. The Labute approximate surface area is 97.1 Å². The van der Waals surface area contributed by atoms with E-state index in [0.717, 1.165) is 45.6 Å². The van der Waals surface area contributed by atoms with Crippen molar-refractivity contribution in [3.63, 3.8) is 0 Å². The van der Waals surface area contributed by atoms with Crippen LogP contribution < -0.4 is 10.6 Å². The van der Waals surface area contributed by atoms with Crippen molar-refractivity contribution in [1.82, 2.24) is 10.6 Å². The molecule has 3 atom stereocenters. The molecule has 2 rings (SSSR count). The first kappa shape index (κ1) is 11.9. The summed E-state index contributed by atoms with van der Waals surface area (Å²) in [6, 6.07) is 0.313. The van der Waals surface area contributed by atoms with E-state index in [9.17, 15) is 4.79 Å². The van der Waals surface area contributed by atoms with E-state index in [1.807, 2.05) is 0 Å². The fraction of sp³-hybridized carbons (Fsp3) is 0.917. The summed E-state index contributed by atoms with van der Waals surface area (Å²) in [7, 11) is 0. The van der Waals surface area contributed by atoms with Crippen LogP contribution in [-0.2, 0) is 9.53 Å². The Balaban J connectivity index is 1.73. The number of piperidine rings is 1. The molecule has 0 radical (unpaired) electrons. The summed E-state index contributed by atoms with van der Waals surface area (Å²) in [5.41, 5.74) is 0. The molecule has 2 aliphatic heterocycles. The predicted octanol–water partition coefficient (Wildman–Crippen LogP) is 0.527. The first-order valence-electron chi connectivity index (χ1n) is 6.36. The smallest absolute Gasteiger partial charge is 0.224 e. The SMILES string of the molecule is CC1NCCCC1C(=O)NCC1CCOC1. The number of carbonyl (C=O) groups is 1. The zero-order chi connectivity index (χ0) is 11.4. The summed E-state index contributed by atoms with van der Waals surface area (Å²) in [5.74, 6) is 0.887. The van der Waals surface area contributed by atoms with Crippen LogP contribution in [0.3, 0.4) is 0 Å². The molecule has 0 bridgehead atoms. The number of rotatable bonds is 3. The molecule has 2 saturated heterocycles. The molecule has 0 aromatic carbocycles. The van der Waals surface area contributed by atoms with E-state index in [0.29, 0.717) is 12.0 Å². The molecular weight excluding hydrogens is 204 g/mol. The van der Waals surface area contributed by atoms with Crippen LogP contribution in [0.4, 0.5) is 0 Å². The van der Waals surface area contributed by atoms with Crippen molar-refractivity contribution < 1.29 is 9.53 Å². The Hall–Kier alpha value is -0.610. The molecule has 4 nitrogen and oxygen atoms in total. The summed E-state index contributed by atoms with van der Waals surface area (Å²) in [6.45, 7) is 5.58. The minimum atomic E-state index is 0.149. The average Bonchev–Trinajstić information content (AvgIpc) is 2.79. The van der Waals surface area contributed by atoms with Gasteiger partial charge in [-0.05, 0) is 32.7 Å². The largest absolute Gasteiger partial charge is 0.381 e. The number of nitrogens with one attached hydrogen (secondary N) is 2. The van der Waals surface area contributed by atoms with Crippen LogP contribution in [0.15, 0.2) is 0 Å². The van der Waals surface area contributed by atoms with Gasteiger partial charge in [0.15, 0.2) is 0 Å². The van der Waals surface area contributed by atoms with Gasteiger partial charge in [0.05, 0.1) is 12.5 Å². The summed E-state index contributed by atoms with van der Waals surface area (Å²) >= 11 is 0. The molecule has 1 amide bonds. The number of ether oxygens (including phenoxy) is 1. The molecule has 0 aromatic rings. The molecule has 4 heteroatoms. The fourth-order valence-corrected chi connectivity index (χ4v) is 2.52. The molecule has 92 valence electrons. The first-order chi connectivity index (χ1) is 7.77. The highest BCUT2D eigenvalue weighted by atomic mass is 16.5. The van der Waals surface area contributed by atoms with Gasteiger partial charge < -0.3 is 15.4 Å². The second-order valence-electron chi connectivity index (χ2n) is 4.97. The average molecular weight is 226 g/mol. The number of hydrogen-bond donors (Lipinski definition) is 2. The third-order valence-electron chi connectivity index (χ3n) is 3.69. The van der Waals surface area contributed by atoms with Crippen LogP contribution in [0.2, 0.25) is 0 Å². The van der Waals surface area contributed by atoms with Gasteiger partial charge >= 0.3 is 0 Å². The fourth-order valence-electron chi connectivity index (χ4n) is 2.52. The van der Waals surface area contributed by atoms with E-state index < -0.39 is 0 Å². The van der Waals surface area contributed by atoms with Gasteiger partial charge in [0.25, 0.3) is 0 Å². The molecule has 3 unspecified atom stereocenters. The van der Waals surface area contributed by atoms with Gasteiger partial charge in [-0.15, -0.1) is 0 Å². The van der Waals surface area contributed by atoms with Crippen LogP contribution >= 0.6 is 0 Å². The predicted molar refractivity (Wildman–Crippen MR) is 62.1 cm³/mol. The minimum absolute atomic E-state index is 0.149. The van der Waals surface area contributed by atoms with E-state index in [-0.39, 0.29) is 11.8 Å². The topological polar surface area (TPSA) is 50.4 Å². The molecule has 0 spiro atoms. The third kappa shape index (κ3) is 2.95. The standard InChI is InChI=1S/C12H22N2O2/c1-9-11(3-2-5-13-9)12(15)14-7-10-4-6-16-8-10/h9-11,13H,2-8H2,1H3,(H,14,15). The summed E-state index contributed by atoms with van der Waals surface area (Å²) in [4.78, 5) is 12.0. The van der Waals surface area contributed by atoms with Gasteiger partial charge in [-0.1, -0.05) is 0 Å². The maximum Gasteiger partial charge on any atom is 0.224 e. The Morgan fingerprint density at radius 3 is 3.06 bits per heavy atom. The molecule has 0 aromatic heterocycles. The number of amides is 1. The maximum atomic E-state index is 12.0. The van der Waals surface area contributed by atoms with Crippen LogP contribution in [-0.4, -0.2) is 38.3 Å². The zero-order valence-electron chi connectivity index (χ0n) is 10.00. The second kappa shape index (κ2) is 5.64. The van der Waals surface area contributed by atoms with Gasteiger partial charge in [-0.3, -0.25) is 4.79 Å². The number of hydrogen-bond acceptors (Lipinski definition) is 3. The van der Waals surface area contributed by atoms with Crippen LogP contribution in [0.25, 0.3) is 0 Å². The highest BCUT2D eigenvalue weighted by Gasteiger charge is 2.28. The molecule has 2 aliphatic rings. The normalized spacial score (nSPS) is 34.9. The molecule has 0 aliphatic carbocycles. The maximum absolute atomic E-state index is 12.0. The van der Waals surface area contributed by atoms with Gasteiger partial charge in [0, 0.05) is 25.1 Å². The Kier molecular flexibility index (Phi) is 4.18.